The molecule has 0 saturated heterocycles. The van der Waals surface area contributed by atoms with Crippen LogP contribution in [0.25, 0.3) is 12.7 Å². The molecule has 1 aromatic heterocycles. The number of unbranched alkanes of at least 4 members (excludes halogenated alkanes) is 1. The molecule has 162 valence electrons. The predicted octanol–water partition coefficient (Wildman–Crippen LogP) is 2.62. The molecule has 0 fully saturated rings. The number of carbonyl (C=O) groups excluding carboxylic acids is 2. The van der Waals surface area contributed by atoms with Gasteiger partial charge >= 0.3 is 0 Å². The van der Waals surface area contributed by atoms with E-state index in [1.54, 1.807) is 11.5 Å². The van der Waals surface area contributed by atoms with Crippen LogP contribution in [0.4, 0.5) is 0 Å². The maximum atomic E-state index is 12.9. The van der Waals surface area contributed by atoms with Crippen LogP contribution in [0.5, 0.6) is 0 Å². The summed E-state index contributed by atoms with van der Waals surface area (Å²) in [6.45, 7) is 16.5. The zero-order valence-electron chi connectivity index (χ0n) is 18.3. The Kier molecular flexibility index (Phi) is 10.3. The molecule has 2 amide bonds. The second kappa shape index (κ2) is 11.9. The number of hydroxylamine groups is 1. The third kappa shape index (κ3) is 8.94. The Morgan fingerprint density at radius 3 is 2.59 bits per heavy atom. The molecule has 1 aromatic rings. The zero-order valence-corrected chi connectivity index (χ0v) is 19.1. The van der Waals surface area contributed by atoms with Gasteiger partial charge in [-0.3, -0.25) is 14.8 Å². The van der Waals surface area contributed by atoms with Gasteiger partial charge in [-0.25, -0.2) is 5.48 Å². The van der Waals surface area contributed by atoms with Gasteiger partial charge in [-0.2, -0.15) is 0 Å². The third-order valence-electron chi connectivity index (χ3n) is 4.27. The number of hydrogen-bond donors (Lipinski definition) is 3. The molecule has 0 radical (unpaired) electrons. The first kappa shape index (κ1) is 25.1. The summed E-state index contributed by atoms with van der Waals surface area (Å²) in [5, 5.41) is 12.9. The van der Waals surface area contributed by atoms with E-state index in [-0.39, 0.29) is 11.3 Å². The molecule has 1 heterocycles. The highest BCUT2D eigenvalue weighted by atomic mass is 32.1. The summed E-state index contributed by atoms with van der Waals surface area (Å²) in [6.07, 6.45) is 6.46. The molecule has 0 saturated carbocycles. The first-order valence-corrected chi connectivity index (χ1v) is 10.8. The van der Waals surface area contributed by atoms with Crippen molar-refractivity contribution in [3.63, 3.8) is 0 Å². The fourth-order valence-electron chi connectivity index (χ4n) is 2.70. The minimum atomic E-state index is -0.555. The number of carbonyl (C=O) groups is 2. The molecule has 0 atom stereocenters. The molecule has 1 rings (SSSR count). The topological polar surface area (TPSA) is 81.7 Å². The minimum absolute atomic E-state index is 0.0875. The van der Waals surface area contributed by atoms with Crippen molar-refractivity contribution in [1.29, 1.82) is 0 Å². The normalized spacial score (nSPS) is 12.9. The molecule has 0 unspecified atom stereocenters. The third-order valence-corrected chi connectivity index (χ3v) is 5.41. The number of nitrogens with one attached hydrogen (secondary N) is 2. The molecule has 29 heavy (non-hydrogen) atoms. The molecule has 6 nitrogen and oxygen atoms in total. The number of amides is 2. The first-order valence-electron chi connectivity index (χ1n) is 10.0. The van der Waals surface area contributed by atoms with Crippen molar-refractivity contribution in [3.8, 4) is 0 Å². The lowest BCUT2D eigenvalue weighted by Crippen LogP contribution is -2.37. The van der Waals surface area contributed by atoms with Crippen LogP contribution in [0.3, 0.4) is 0 Å². The van der Waals surface area contributed by atoms with Gasteiger partial charge in [0.2, 0.25) is 5.91 Å². The molecular formula is C22H35N3O3S. The summed E-state index contributed by atoms with van der Waals surface area (Å²) in [5.74, 6) is -0.460. The Labute approximate surface area is 178 Å². The average molecular weight is 422 g/mol. The Hall–Kier alpha value is -1.96. The van der Waals surface area contributed by atoms with Gasteiger partial charge in [0.1, 0.15) is 0 Å². The Balaban J connectivity index is 3.03. The van der Waals surface area contributed by atoms with Crippen LogP contribution in [0.2, 0.25) is 0 Å². The lowest BCUT2D eigenvalue weighted by Gasteiger charge is -2.27. The highest BCUT2D eigenvalue weighted by molar-refractivity contribution is 7.12. The van der Waals surface area contributed by atoms with Crippen LogP contribution in [0.15, 0.2) is 17.8 Å². The quantitative estimate of drug-likeness (QED) is 0.308. The van der Waals surface area contributed by atoms with Crippen LogP contribution >= 0.6 is 11.3 Å². The van der Waals surface area contributed by atoms with Crippen molar-refractivity contribution < 1.29 is 14.8 Å². The van der Waals surface area contributed by atoms with E-state index in [0.717, 1.165) is 36.2 Å². The smallest absolute Gasteiger partial charge is 0.284 e. The van der Waals surface area contributed by atoms with Gasteiger partial charge in [-0.1, -0.05) is 40.7 Å². The highest BCUT2D eigenvalue weighted by Gasteiger charge is 2.21. The van der Waals surface area contributed by atoms with Gasteiger partial charge in [0, 0.05) is 29.7 Å². The van der Waals surface area contributed by atoms with Gasteiger partial charge in [0.15, 0.2) is 0 Å². The standard InChI is InChI=1S/C22H35N3O3S/c1-7-8-11-23-12-13-25(20(26)15-22(4,5)6)17(3)9-10-18-16(2)14-19(29-18)21(27)24-28/h9-10,14,23,28H,2,7-8,11-13,15H2,1,3-6H3,(H,24,27)/b17-9+,18-10+. The summed E-state index contributed by atoms with van der Waals surface area (Å²) in [6, 6.07) is 1.63. The van der Waals surface area contributed by atoms with Crippen LogP contribution in [-0.4, -0.2) is 41.6 Å². The zero-order chi connectivity index (χ0) is 22.0. The molecule has 7 heteroatoms. The van der Waals surface area contributed by atoms with E-state index in [1.807, 2.05) is 24.0 Å². The second-order valence-corrected chi connectivity index (χ2v) is 9.39. The number of rotatable bonds is 10. The van der Waals surface area contributed by atoms with E-state index in [0.29, 0.717) is 23.1 Å². The molecule has 0 aliphatic carbocycles. The number of allylic oxidation sites excluding steroid dienone is 2. The van der Waals surface area contributed by atoms with Gasteiger partial charge < -0.3 is 10.2 Å². The van der Waals surface area contributed by atoms with E-state index < -0.39 is 5.91 Å². The van der Waals surface area contributed by atoms with E-state index in [1.165, 1.54) is 11.3 Å². The minimum Gasteiger partial charge on any atom is -0.315 e. The molecule has 0 aromatic carbocycles. The second-order valence-electron chi connectivity index (χ2n) is 8.30. The predicted molar refractivity (Wildman–Crippen MR) is 120 cm³/mol. The van der Waals surface area contributed by atoms with Crippen molar-refractivity contribution in [1.82, 2.24) is 15.7 Å². The van der Waals surface area contributed by atoms with Crippen molar-refractivity contribution >= 4 is 35.8 Å². The van der Waals surface area contributed by atoms with Crippen molar-refractivity contribution in [2.24, 2.45) is 5.41 Å². The maximum Gasteiger partial charge on any atom is 0.284 e. The molecule has 0 aliphatic rings. The summed E-state index contributed by atoms with van der Waals surface area (Å²) < 4.78 is 0.812. The monoisotopic (exact) mass is 421 g/mol. The largest absolute Gasteiger partial charge is 0.315 e. The number of thiophene rings is 1. The summed E-state index contributed by atoms with van der Waals surface area (Å²) >= 11 is 1.24. The average Bonchev–Trinajstić information content (AvgIpc) is 3.01. The summed E-state index contributed by atoms with van der Waals surface area (Å²) in [5.41, 5.74) is 2.39. The van der Waals surface area contributed by atoms with E-state index in [4.69, 9.17) is 5.21 Å². The Bertz CT molecular complexity index is 821. The van der Waals surface area contributed by atoms with E-state index in [9.17, 15) is 9.59 Å². The molecule has 0 bridgehead atoms. The van der Waals surface area contributed by atoms with Crippen LogP contribution in [0.1, 0.15) is 63.6 Å². The van der Waals surface area contributed by atoms with Crippen molar-refractivity contribution in [2.45, 2.75) is 53.9 Å². The summed E-state index contributed by atoms with van der Waals surface area (Å²) in [7, 11) is 0. The number of hydrogen-bond acceptors (Lipinski definition) is 5. The van der Waals surface area contributed by atoms with Gasteiger partial charge in [-0.05, 0) is 48.7 Å². The fraction of sp³-hybridized carbons (Fsp3) is 0.545. The number of nitrogens with zero attached hydrogens (tertiary/aromatic N) is 1. The van der Waals surface area contributed by atoms with E-state index in [2.05, 4.69) is 39.6 Å². The van der Waals surface area contributed by atoms with Gasteiger partial charge in [-0.15, -0.1) is 11.3 Å². The fourth-order valence-corrected chi connectivity index (χ4v) is 3.60. The lowest BCUT2D eigenvalue weighted by atomic mass is 9.91. The molecular weight excluding hydrogens is 386 g/mol. The van der Waals surface area contributed by atoms with Crippen molar-refractivity contribution in [2.75, 3.05) is 19.6 Å². The van der Waals surface area contributed by atoms with Crippen LogP contribution in [-0.2, 0) is 4.79 Å². The highest BCUT2D eigenvalue weighted by Crippen LogP contribution is 2.21. The Morgan fingerprint density at radius 1 is 1.31 bits per heavy atom. The van der Waals surface area contributed by atoms with E-state index >= 15 is 0 Å². The maximum absolute atomic E-state index is 12.9. The lowest BCUT2D eigenvalue weighted by molar-refractivity contribution is -0.131. The van der Waals surface area contributed by atoms with Crippen LogP contribution < -0.4 is 20.5 Å². The van der Waals surface area contributed by atoms with Crippen LogP contribution in [0, 0.1) is 5.41 Å². The Morgan fingerprint density at radius 2 is 2.00 bits per heavy atom. The molecule has 3 N–H and O–H groups in total. The first-order chi connectivity index (χ1) is 13.6. The summed E-state index contributed by atoms with van der Waals surface area (Å²) in [4.78, 5) is 26.7. The SMILES string of the molecule is C=c1cc(C(=O)NO)s/c1=C/C=C(\C)N(CCNCCCC)C(=O)CC(C)(C)C. The van der Waals surface area contributed by atoms with Crippen molar-refractivity contribution in [3.05, 3.63) is 32.5 Å². The van der Waals surface area contributed by atoms with Gasteiger partial charge in [0.25, 0.3) is 5.91 Å². The van der Waals surface area contributed by atoms with Gasteiger partial charge in [0.05, 0.1) is 4.88 Å². The molecule has 0 aliphatic heterocycles. The molecule has 0 spiro atoms.